The van der Waals surface area contributed by atoms with Crippen LogP contribution in [0.25, 0.3) is 0 Å². The Morgan fingerprint density at radius 2 is 2.11 bits per heavy atom. The predicted molar refractivity (Wildman–Crippen MR) is 76.7 cm³/mol. The number of aromatic nitrogens is 3. The summed E-state index contributed by atoms with van der Waals surface area (Å²) in [7, 11) is 0. The molecule has 0 saturated carbocycles. The van der Waals surface area contributed by atoms with Crippen LogP contribution >= 0.6 is 23.4 Å². The van der Waals surface area contributed by atoms with Gasteiger partial charge in [0, 0.05) is 6.54 Å². The van der Waals surface area contributed by atoms with Crippen molar-refractivity contribution < 1.29 is 4.74 Å². The average molecular weight is 291 g/mol. The molecule has 0 aliphatic carbocycles. The number of hydrogen-bond acceptors (Lipinski definition) is 6. The molecule has 1 rings (SSSR count). The van der Waals surface area contributed by atoms with Crippen molar-refractivity contribution in [2.75, 3.05) is 30.5 Å². The first kappa shape index (κ1) is 15.3. The summed E-state index contributed by atoms with van der Waals surface area (Å²) < 4.78 is 5.33. The number of thioether (sulfide) groups is 1. The van der Waals surface area contributed by atoms with E-state index in [0.29, 0.717) is 12.6 Å². The number of hydrogen-bond donors (Lipinski definition) is 1. The first-order valence-corrected chi connectivity index (χ1v) is 7.80. The monoisotopic (exact) mass is 290 g/mol. The number of nitrogens with one attached hydrogen (secondary N) is 1. The lowest BCUT2D eigenvalue weighted by molar-refractivity contribution is 0.291. The Balaban J connectivity index is 2.41. The Hall–Kier alpha value is -0.750. The van der Waals surface area contributed by atoms with Crippen LogP contribution in [0.3, 0.4) is 0 Å². The summed E-state index contributed by atoms with van der Waals surface area (Å²) in [6.45, 7) is 3.43. The van der Waals surface area contributed by atoms with Crippen molar-refractivity contribution in [2.45, 2.75) is 26.2 Å². The van der Waals surface area contributed by atoms with Gasteiger partial charge in [0.05, 0.1) is 6.61 Å². The van der Waals surface area contributed by atoms with Gasteiger partial charge in [0.2, 0.25) is 11.2 Å². The average Bonchev–Trinajstić information content (AvgIpc) is 2.35. The topological polar surface area (TPSA) is 59.9 Å². The molecule has 0 fully saturated rings. The third-order valence-corrected chi connectivity index (χ3v) is 2.95. The van der Waals surface area contributed by atoms with E-state index in [1.54, 1.807) is 0 Å². The normalized spacial score (nSPS) is 10.4. The molecule has 0 aromatic carbocycles. The number of ether oxygens (including phenoxy) is 1. The van der Waals surface area contributed by atoms with Crippen LogP contribution in [-0.2, 0) is 0 Å². The second-order valence-electron chi connectivity index (χ2n) is 3.69. The van der Waals surface area contributed by atoms with E-state index in [1.807, 2.05) is 18.7 Å². The minimum absolute atomic E-state index is 0.155. The molecule has 0 unspecified atom stereocenters. The van der Waals surface area contributed by atoms with Crippen molar-refractivity contribution >= 4 is 29.3 Å². The molecule has 1 heterocycles. The number of unbranched alkanes of at least 4 members (excludes halogenated alkanes) is 1. The van der Waals surface area contributed by atoms with Gasteiger partial charge in [-0.05, 0) is 42.9 Å². The Morgan fingerprint density at radius 1 is 1.28 bits per heavy atom. The Morgan fingerprint density at radius 3 is 2.83 bits per heavy atom. The summed E-state index contributed by atoms with van der Waals surface area (Å²) in [5, 5.41) is 3.28. The molecule has 18 heavy (non-hydrogen) atoms. The SMILES string of the molecule is CCCOc1nc(Cl)nc(NCCCCSC)n1. The zero-order valence-electron chi connectivity index (χ0n) is 10.8. The Kier molecular flexibility index (Phi) is 7.84. The molecule has 0 aliphatic heterocycles. The highest BCUT2D eigenvalue weighted by Gasteiger charge is 2.05. The van der Waals surface area contributed by atoms with Crippen LogP contribution in [0.1, 0.15) is 26.2 Å². The zero-order valence-corrected chi connectivity index (χ0v) is 12.4. The first-order chi connectivity index (χ1) is 8.76. The van der Waals surface area contributed by atoms with Gasteiger partial charge in [-0.15, -0.1) is 0 Å². The van der Waals surface area contributed by atoms with Crippen molar-refractivity contribution in [1.29, 1.82) is 0 Å². The van der Waals surface area contributed by atoms with Crippen LogP contribution in [0.2, 0.25) is 5.28 Å². The number of anilines is 1. The number of nitrogens with zero attached hydrogens (tertiary/aromatic N) is 3. The van der Waals surface area contributed by atoms with Crippen LogP contribution in [0.5, 0.6) is 6.01 Å². The zero-order chi connectivity index (χ0) is 13.2. The van der Waals surface area contributed by atoms with Crippen LogP contribution in [0.4, 0.5) is 5.95 Å². The van der Waals surface area contributed by atoms with Crippen LogP contribution < -0.4 is 10.1 Å². The van der Waals surface area contributed by atoms with Gasteiger partial charge in [-0.2, -0.15) is 26.7 Å². The van der Waals surface area contributed by atoms with Crippen LogP contribution in [-0.4, -0.2) is 40.1 Å². The molecule has 102 valence electrons. The molecule has 0 spiro atoms. The lowest BCUT2D eigenvalue weighted by Crippen LogP contribution is -2.09. The molecule has 1 N–H and O–H groups in total. The van der Waals surface area contributed by atoms with Crippen LogP contribution in [0.15, 0.2) is 0 Å². The van der Waals surface area contributed by atoms with Gasteiger partial charge >= 0.3 is 6.01 Å². The van der Waals surface area contributed by atoms with Crippen molar-refractivity contribution in [3.8, 4) is 6.01 Å². The van der Waals surface area contributed by atoms with E-state index in [-0.39, 0.29) is 11.3 Å². The minimum atomic E-state index is 0.155. The molecule has 0 aliphatic rings. The number of halogens is 1. The molecule has 5 nitrogen and oxygen atoms in total. The van der Waals surface area contributed by atoms with E-state index in [2.05, 4.69) is 26.5 Å². The second-order valence-corrected chi connectivity index (χ2v) is 5.01. The molecular formula is C11H19ClN4OS. The van der Waals surface area contributed by atoms with Crippen molar-refractivity contribution in [3.63, 3.8) is 0 Å². The highest BCUT2D eigenvalue weighted by atomic mass is 35.5. The van der Waals surface area contributed by atoms with E-state index >= 15 is 0 Å². The predicted octanol–water partition coefficient (Wildman–Crippen LogP) is 2.87. The minimum Gasteiger partial charge on any atom is -0.463 e. The van der Waals surface area contributed by atoms with Gasteiger partial charge in [0.25, 0.3) is 0 Å². The molecular weight excluding hydrogens is 272 g/mol. The third kappa shape index (κ3) is 6.26. The molecule has 0 saturated heterocycles. The summed E-state index contributed by atoms with van der Waals surface area (Å²) in [5.41, 5.74) is 0. The molecule has 7 heteroatoms. The molecule has 1 aromatic heterocycles. The lowest BCUT2D eigenvalue weighted by Gasteiger charge is -2.07. The maximum atomic E-state index is 5.81. The largest absolute Gasteiger partial charge is 0.463 e. The van der Waals surface area contributed by atoms with Crippen molar-refractivity contribution in [1.82, 2.24) is 15.0 Å². The fourth-order valence-corrected chi connectivity index (χ4v) is 1.89. The molecule has 1 aromatic rings. The first-order valence-electron chi connectivity index (χ1n) is 6.03. The summed E-state index contributed by atoms with van der Waals surface area (Å²) in [4.78, 5) is 12.1. The second kappa shape index (κ2) is 9.22. The van der Waals surface area contributed by atoms with E-state index < -0.39 is 0 Å². The highest BCUT2D eigenvalue weighted by molar-refractivity contribution is 7.98. The quantitative estimate of drug-likeness (QED) is 0.706. The molecule has 0 amide bonds. The van der Waals surface area contributed by atoms with E-state index in [0.717, 1.165) is 19.4 Å². The lowest BCUT2D eigenvalue weighted by atomic mass is 10.3. The van der Waals surface area contributed by atoms with Crippen LogP contribution in [0, 0.1) is 0 Å². The summed E-state index contributed by atoms with van der Waals surface area (Å²) in [6, 6.07) is 0.281. The molecule has 0 radical (unpaired) electrons. The molecule has 0 atom stereocenters. The van der Waals surface area contributed by atoms with Gasteiger partial charge in [0.15, 0.2) is 0 Å². The standard InChI is InChI=1S/C11H19ClN4OS/c1-3-7-17-11-15-9(12)14-10(16-11)13-6-4-5-8-18-2/h3-8H2,1-2H3,(H,13,14,15,16). The Labute approximate surface area is 117 Å². The van der Waals surface area contributed by atoms with Crippen molar-refractivity contribution in [3.05, 3.63) is 5.28 Å². The summed E-state index contributed by atoms with van der Waals surface area (Å²) in [6.07, 6.45) is 5.26. The van der Waals surface area contributed by atoms with Gasteiger partial charge < -0.3 is 10.1 Å². The number of rotatable bonds is 9. The molecule has 0 bridgehead atoms. The smallest absolute Gasteiger partial charge is 0.322 e. The van der Waals surface area contributed by atoms with E-state index in [9.17, 15) is 0 Å². The highest BCUT2D eigenvalue weighted by Crippen LogP contribution is 2.11. The Bertz CT molecular complexity index is 354. The van der Waals surface area contributed by atoms with Gasteiger partial charge in [-0.3, -0.25) is 0 Å². The van der Waals surface area contributed by atoms with E-state index in [1.165, 1.54) is 12.2 Å². The van der Waals surface area contributed by atoms with Crippen molar-refractivity contribution in [2.24, 2.45) is 0 Å². The van der Waals surface area contributed by atoms with Gasteiger partial charge in [-0.1, -0.05) is 6.92 Å². The summed E-state index contributed by atoms with van der Waals surface area (Å²) >= 11 is 7.66. The van der Waals surface area contributed by atoms with Gasteiger partial charge in [-0.25, -0.2) is 0 Å². The maximum absolute atomic E-state index is 5.81. The summed E-state index contributed by atoms with van der Waals surface area (Å²) in [5.74, 6) is 1.65. The fourth-order valence-electron chi connectivity index (χ4n) is 1.24. The van der Waals surface area contributed by atoms with E-state index in [4.69, 9.17) is 16.3 Å². The third-order valence-electron chi connectivity index (χ3n) is 2.08. The van der Waals surface area contributed by atoms with Gasteiger partial charge in [0.1, 0.15) is 0 Å². The maximum Gasteiger partial charge on any atom is 0.322 e. The fraction of sp³-hybridized carbons (Fsp3) is 0.727.